The Kier molecular flexibility index (Phi) is 4.85. The van der Waals surface area contributed by atoms with Crippen LogP contribution in [0.25, 0.3) is 0 Å². The first-order valence-electron chi connectivity index (χ1n) is 6.78. The molecule has 1 atom stereocenters. The standard InChI is InChI=1S/C17H19F2N/c1-12-3-5-13(6-4-12)7-10-17(20-2)15-9-8-14(18)11-16(15)19/h3-6,8-9,11,17,20H,7,10H2,1-2H3. The fraction of sp³-hybridized carbons (Fsp3) is 0.294. The fourth-order valence-electron chi connectivity index (χ4n) is 2.31. The Hall–Kier alpha value is -1.74. The summed E-state index contributed by atoms with van der Waals surface area (Å²) in [5.74, 6) is -1.03. The molecule has 20 heavy (non-hydrogen) atoms. The molecule has 0 fully saturated rings. The first-order chi connectivity index (χ1) is 9.60. The van der Waals surface area contributed by atoms with Gasteiger partial charge in [0.15, 0.2) is 0 Å². The molecule has 0 radical (unpaired) electrons. The fourth-order valence-corrected chi connectivity index (χ4v) is 2.31. The van der Waals surface area contributed by atoms with E-state index in [9.17, 15) is 8.78 Å². The van der Waals surface area contributed by atoms with Crippen LogP contribution >= 0.6 is 0 Å². The SMILES string of the molecule is CNC(CCc1ccc(C)cc1)c1ccc(F)cc1F. The molecule has 0 amide bonds. The van der Waals surface area contributed by atoms with Gasteiger partial charge in [-0.3, -0.25) is 0 Å². The average molecular weight is 275 g/mol. The summed E-state index contributed by atoms with van der Waals surface area (Å²) in [6.45, 7) is 2.05. The maximum absolute atomic E-state index is 13.8. The van der Waals surface area contributed by atoms with Gasteiger partial charge in [0.2, 0.25) is 0 Å². The third-order valence-corrected chi connectivity index (χ3v) is 3.53. The smallest absolute Gasteiger partial charge is 0.130 e. The molecule has 3 heteroatoms. The van der Waals surface area contributed by atoms with Crippen LogP contribution in [-0.2, 0) is 6.42 Å². The van der Waals surface area contributed by atoms with Gasteiger partial charge in [-0.1, -0.05) is 35.9 Å². The van der Waals surface area contributed by atoms with E-state index in [-0.39, 0.29) is 6.04 Å². The highest BCUT2D eigenvalue weighted by Gasteiger charge is 2.14. The minimum absolute atomic E-state index is 0.114. The highest BCUT2D eigenvalue weighted by molar-refractivity contribution is 5.24. The van der Waals surface area contributed by atoms with Crippen molar-refractivity contribution >= 4 is 0 Å². The van der Waals surface area contributed by atoms with Gasteiger partial charge in [0.25, 0.3) is 0 Å². The highest BCUT2D eigenvalue weighted by atomic mass is 19.1. The van der Waals surface area contributed by atoms with E-state index in [2.05, 4.69) is 29.6 Å². The highest BCUT2D eigenvalue weighted by Crippen LogP contribution is 2.22. The van der Waals surface area contributed by atoms with Crippen molar-refractivity contribution < 1.29 is 8.78 Å². The second-order valence-electron chi connectivity index (χ2n) is 5.03. The van der Waals surface area contributed by atoms with Crippen LogP contribution in [0.15, 0.2) is 42.5 Å². The van der Waals surface area contributed by atoms with Crippen LogP contribution in [0.2, 0.25) is 0 Å². The maximum Gasteiger partial charge on any atom is 0.130 e. The van der Waals surface area contributed by atoms with E-state index in [0.717, 1.165) is 18.9 Å². The molecule has 0 aromatic heterocycles. The van der Waals surface area contributed by atoms with E-state index >= 15 is 0 Å². The molecule has 0 spiro atoms. The van der Waals surface area contributed by atoms with Crippen molar-refractivity contribution in [3.05, 3.63) is 70.8 Å². The molecule has 1 unspecified atom stereocenters. The zero-order chi connectivity index (χ0) is 14.5. The number of benzene rings is 2. The van der Waals surface area contributed by atoms with Crippen molar-refractivity contribution in [2.45, 2.75) is 25.8 Å². The summed E-state index contributed by atoms with van der Waals surface area (Å²) >= 11 is 0. The molecule has 0 saturated carbocycles. The largest absolute Gasteiger partial charge is 0.313 e. The first kappa shape index (κ1) is 14.7. The van der Waals surface area contributed by atoms with Gasteiger partial charge in [0, 0.05) is 17.7 Å². The number of rotatable bonds is 5. The van der Waals surface area contributed by atoms with Crippen molar-refractivity contribution in [1.29, 1.82) is 0 Å². The van der Waals surface area contributed by atoms with Gasteiger partial charge in [-0.2, -0.15) is 0 Å². The van der Waals surface area contributed by atoms with Gasteiger partial charge in [-0.15, -0.1) is 0 Å². The molecule has 0 saturated heterocycles. The third-order valence-electron chi connectivity index (χ3n) is 3.53. The van der Waals surface area contributed by atoms with E-state index in [4.69, 9.17) is 0 Å². The summed E-state index contributed by atoms with van der Waals surface area (Å²) in [7, 11) is 1.79. The Morgan fingerprint density at radius 2 is 1.75 bits per heavy atom. The average Bonchev–Trinajstić information content (AvgIpc) is 2.43. The molecule has 0 bridgehead atoms. The number of hydrogen-bond donors (Lipinski definition) is 1. The summed E-state index contributed by atoms with van der Waals surface area (Å²) in [5, 5.41) is 3.10. The predicted molar refractivity (Wildman–Crippen MR) is 77.7 cm³/mol. The van der Waals surface area contributed by atoms with E-state index in [0.29, 0.717) is 5.56 Å². The molecular weight excluding hydrogens is 256 g/mol. The van der Waals surface area contributed by atoms with Crippen molar-refractivity contribution in [3.63, 3.8) is 0 Å². The number of aryl methyl sites for hydroxylation is 2. The van der Waals surface area contributed by atoms with Crippen molar-refractivity contribution in [3.8, 4) is 0 Å². The van der Waals surface area contributed by atoms with Gasteiger partial charge in [-0.25, -0.2) is 8.78 Å². The van der Waals surface area contributed by atoms with Crippen LogP contribution in [0.3, 0.4) is 0 Å². The predicted octanol–water partition coefficient (Wildman–Crippen LogP) is 4.17. The van der Waals surface area contributed by atoms with Gasteiger partial charge in [0.1, 0.15) is 11.6 Å². The second-order valence-corrected chi connectivity index (χ2v) is 5.03. The molecule has 0 aliphatic carbocycles. The summed E-state index contributed by atoms with van der Waals surface area (Å²) in [6.07, 6.45) is 1.62. The maximum atomic E-state index is 13.8. The number of nitrogens with one attached hydrogen (secondary N) is 1. The normalized spacial score (nSPS) is 12.4. The molecule has 0 heterocycles. The molecule has 0 aliphatic heterocycles. The van der Waals surface area contributed by atoms with Crippen molar-refractivity contribution in [1.82, 2.24) is 5.32 Å². The topological polar surface area (TPSA) is 12.0 Å². The monoisotopic (exact) mass is 275 g/mol. The lowest BCUT2D eigenvalue weighted by atomic mass is 9.98. The molecule has 0 aliphatic rings. The molecule has 2 aromatic carbocycles. The van der Waals surface area contributed by atoms with E-state index < -0.39 is 11.6 Å². The summed E-state index contributed by atoms with van der Waals surface area (Å²) in [6, 6.07) is 12.0. The molecule has 2 aromatic rings. The Morgan fingerprint density at radius 3 is 2.35 bits per heavy atom. The van der Waals surface area contributed by atoms with Crippen molar-refractivity contribution in [2.24, 2.45) is 0 Å². The number of hydrogen-bond acceptors (Lipinski definition) is 1. The lowest BCUT2D eigenvalue weighted by molar-refractivity contribution is 0.501. The lowest BCUT2D eigenvalue weighted by Gasteiger charge is -2.17. The minimum atomic E-state index is -0.542. The van der Waals surface area contributed by atoms with Crippen molar-refractivity contribution in [2.75, 3.05) is 7.05 Å². The molecule has 1 N–H and O–H groups in total. The van der Waals surface area contributed by atoms with Gasteiger partial charge in [0.05, 0.1) is 0 Å². The molecule has 2 rings (SSSR count). The van der Waals surface area contributed by atoms with E-state index in [1.165, 1.54) is 23.3 Å². The molecule has 106 valence electrons. The Balaban J connectivity index is 2.07. The van der Waals surface area contributed by atoms with Crippen LogP contribution in [0.1, 0.15) is 29.2 Å². The Morgan fingerprint density at radius 1 is 1.05 bits per heavy atom. The zero-order valence-corrected chi connectivity index (χ0v) is 11.8. The second kappa shape index (κ2) is 6.62. The van der Waals surface area contributed by atoms with E-state index in [1.807, 2.05) is 6.92 Å². The Labute approximate surface area is 118 Å². The number of halogens is 2. The van der Waals surface area contributed by atoms with Gasteiger partial charge < -0.3 is 5.32 Å². The van der Waals surface area contributed by atoms with Crippen LogP contribution in [0, 0.1) is 18.6 Å². The minimum Gasteiger partial charge on any atom is -0.313 e. The van der Waals surface area contributed by atoms with Crippen LogP contribution in [-0.4, -0.2) is 7.05 Å². The first-order valence-corrected chi connectivity index (χ1v) is 6.78. The summed E-state index contributed by atoms with van der Waals surface area (Å²) < 4.78 is 26.7. The Bertz CT molecular complexity index is 564. The zero-order valence-electron chi connectivity index (χ0n) is 11.8. The van der Waals surface area contributed by atoms with Crippen LogP contribution in [0.4, 0.5) is 8.78 Å². The van der Waals surface area contributed by atoms with Crippen LogP contribution < -0.4 is 5.32 Å². The summed E-state index contributed by atoms with van der Waals surface area (Å²) in [4.78, 5) is 0. The van der Waals surface area contributed by atoms with E-state index in [1.54, 1.807) is 7.05 Å². The van der Waals surface area contributed by atoms with Gasteiger partial charge >= 0.3 is 0 Å². The summed E-state index contributed by atoms with van der Waals surface area (Å²) in [5.41, 5.74) is 2.96. The lowest BCUT2D eigenvalue weighted by Crippen LogP contribution is -2.18. The molecule has 1 nitrogen and oxygen atoms in total. The van der Waals surface area contributed by atoms with Gasteiger partial charge in [-0.05, 0) is 38.4 Å². The van der Waals surface area contributed by atoms with Crippen LogP contribution in [0.5, 0.6) is 0 Å². The third kappa shape index (κ3) is 3.64. The molecular formula is C17H19F2N. The quantitative estimate of drug-likeness (QED) is 0.863.